The summed E-state index contributed by atoms with van der Waals surface area (Å²) in [4.78, 5) is 11.6. The lowest BCUT2D eigenvalue weighted by Crippen LogP contribution is -2.48. The first-order valence-corrected chi connectivity index (χ1v) is 5.76. The standard InChI is InChI=1S/C11H20N2O/c1-8-7-12-5-4-10(8)13-11(14)6-9-2-3-9/h8-10,12H,2-7H2,1H3,(H,13,14). The van der Waals surface area contributed by atoms with E-state index in [9.17, 15) is 4.79 Å². The molecule has 0 bridgehead atoms. The van der Waals surface area contributed by atoms with Crippen molar-refractivity contribution >= 4 is 5.91 Å². The van der Waals surface area contributed by atoms with Crippen LogP contribution in [-0.2, 0) is 4.79 Å². The maximum atomic E-state index is 11.6. The van der Waals surface area contributed by atoms with E-state index < -0.39 is 0 Å². The van der Waals surface area contributed by atoms with Gasteiger partial charge in [0.15, 0.2) is 0 Å². The fraction of sp³-hybridized carbons (Fsp3) is 0.909. The maximum absolute atomic E-state index is 11.6. The van der Waals surface area contributed by atoms with Gasteiger partial charge in [-0.15, -0.1) is 0 Å². The highest BCUT2D eigenvalue weighted by Crippen LogP contribution is 2.32. The first kappa shape index (κ1) is 9.97. The third-order valence-corrected chi connectivity index (χ3v) is 3.30. The van der Waals surface area contributed by atoms with Crippen LogP contribution in [0, 0.1) is 11.8 Å². The van der Waals surface area contributed by atoms with E-state index in [2.05, 4.69) is 17.6 Å². The van der Waals surface area contributed by atoms with Crippen LogP contribution in [0.5, 0.6) is 0 Å². The highest BCUT2D eigenvalue weighted by Gasteiger charge is 2.27. The first-order chi connectivity index (χ1) is 6.75. The molecule has 1 aliphatic heterocycles. The first-order valence-electron chi connectivity index (χ1n) is 5.76. The van der Waals surface area contributed by atoms with Gasteiger partial charge in [0.05, 0.1) is 0 Å². The normalized spacial score (nSPS) is 32.6. The summed E-state index contributed by atoms with van der Waals surface area (Å²) in [5.74, 6) is 1.55. The van der Waals surface area contributed by atoms with Crippen LogP contribution in [0.4, 0.5) is 0 Å². The molecule has 1 saturated heterocycles. The highest BCUT2D eigenvalue weighted by atomic mass is 16.1. The molecule has 2 unspecified atom stereocenters. The summed E-state index contributed by atoms with van der Waals surface area (Å²) >= 11 is 0. The molecule has 3 heteroatoms. The van der Waals surface area contributed by atoms with E-state index in [1.54, 1.807) is 0 Å². The van der Waals surface area contributed by atoms with Crippen LogP contribution in [0.25, 0.3) is 0 Å². The smallest absolute Gasteiger partial charge is 0.220 e. The van der Waals surface area contributed by atoms with Gasteiger partial charge in [0.1, 0.15) is 0 Å². The fourth-order valence-corrected chi connectivity index (χ4v) is 2.08. The summed E-state index contributed by atoms with van der Waals surface area (Å²) in [6.45, 7) is 4.28. The van der Waals surface area contributed by atoms with Gasteiger partial charge in [0.2, 0.25) is 5.91 Å². The molecule has 2 fully saturated rings. The zero-order chi connectivity index (χ0) is 9.97. The zero-order valence-corrected chi connectivity index (χ0v) is 8.88. The van der Waals surface area contributed by atoms with Crippen molar-refractivity contribution < 1.29 is 4.79 Å². The Hall–Kier alpha value is -0.570. The molecule has 1 heterocycles. The Kier molecular flexibility index (Phi) is 3.06. The van der Waals surface area contributed by atoms with Gasteiger partial charge in [0, 0.05) is 12.5 Å². The monoisotopic (exact) mass is 196 g/mol. The van der Waals surface area contributed by atoms with Crippen LogP contribution in [-0.4, -0.2) is 25.0 Å². The van der Waals surface area contributed by atoms with E-state index in [4.69, 9.17) is 0 Å². The number of carbonyl (C=O) groups is 1. The van der Waals surface area contributed by atoms with Crippen molar-refractivity contribution in [2.24, 2.45) is 11.8 Å². The van der Waals surface area contributed by atoms with Crippen molar-refractivity contribution in [1.29, 1.82) is 0 Å². The van der Waals surface area contributed by atoms with Gasteiger partial charge in [-0.3, -0.25) is 4.79 Å². The predicted octanol–water partition coefficient (Wildman–Crippen LogP) is 0.901. The van der Waals surface area contributed by atoms with Gasteiger partial charge in [-0.05, 0) is 44.2 Å². The van der Waals surface area contributed by atoms with Crippen molar-refractivity contribution in [3.63, 3.8) is 0 Å². The van der Waals surface area contributed by atoms with Gasteiger partial charge in [-0.2, -0.15) is 0 Å². The van der Waals surface area contributed by atoms with Crippen LogP contribution in [0.1, 0.15) is 32.6 Å². The van der Waals surface area contributed by atoms with Crippen LogP contribution in [0.2, 0.25) is 0 Å². The van der Waals surface area contributed by atoms with E-state index in [1.165, 1.54) is 12.8 Å². The Labute approximate surface area is 85.6 Å². The summed E-state index contributed by atoms with van der Waals surface area (Å²) in [6.07, 6.45) is 4.36. The fourth-order valence-electron chi connectivity index (χ4n) is 2.08. The summed E-state index contributed by atoms with van der Waals surface area (Å²) in [5, 5.41) is 6.50. The number of amides is 1. The lowest BCUT2D eigenvalue weighted by molar-refractivity contribution is -0.122. The minimum atomic E-state index is 0.270. The number of piperidine rings is 1. The van der Waals surface area contributed by atoms with E-state index in [1.807, 2.05) is 0 Å². The average molecular weight is 196 g/mol. The molecule has 1 amide bonds. The molecule has 3 nitrogen and oxygen atoms in total. The molecule has 80 valence electrons. The summed E-state index contributed by atoms with van der Waals surface area (Å²) in [7, 11) is 0. The molecule has 2 rings (SSSR count). The van der Waals surface area contributed by atoms with Gasteiger partial charge >= 0.3 is 0 Å². The van der Waals surface area contributed by atoms with Crippen molar-refractivity contribution in [2.75, 3.05) is 13.1 Å². The Balaban J connectivity index is 1.73. The van der Waals surface area contributed by atoms with Gasteiger partial charge in [0.25, 0.3) is 0 Å². The van der Waals surface area contributed by atoms with Crippen molar-refractivity contribution in [2.45, 2.75) is 38.6 Å². The largest absolute Gasteiger partial charge is 0.353 e. The molecule has 14 heavy (non-hydrogen) atoms. The molecular formula is C11H20N2O. The Bertz CT molecular complexity index is 213. The minimum Gasteiger partial charge on any atom is -0.353 e. The third kappa shape index (κ3) is 2.71. The van der Waals surface area contributed by atoms with E-state index >= 15 is 0 Å². The Morgan fingerprint density at radius 1 is 1.43 bits per heavy atom. The summed E-state index contributed by atoms with van der Waals surface area (Å²) in [5.41, 5.74) is 0. The Morgan fingerprint density at radius 2 is 2.21 bits per heavy atom. The molecule has 0 aromatic carbocycles. The molecule has 1 saturated carbocycles. The lowest BCUT2D eigenvalue weighted by atomic mass is 9.95. The third-order valence-electron chi connectivity index (χ3n) is 3.30. The second kappa shape index (κ2) is 4.30. The molecule has 0 radical (unpaired) electrons. The maximum Gasteiger partial charge on any atom is 0.220 e. The SMILES string of the molecule is CC1CNCCC1NC(=O)CC1CC1. The minimum absolute atomic E-state index is 0.270. The molecule has 0 spiro atoms. The van der Waals surface area contributed by atoms with Crippen molar-refractivity contribution in [3.8, 4) is 0 Å². The molecule has 0 aromatic rings. The molecule has 2 N–H and O–H groups in total. The summed E-state index contributed by atoms with van der Waals surface area (Å²) < 4.78 is 0. The molecule has 0 aromatic heterocycles. The topological polar surface area (TPSA) is 41.1 Å². The van der Waals surface area contributed by atoms with E-state index in [0.29, 0.717) is 17.9 Å². The average Bonchev–Trinajstić information content (AvgIpc) is 2.93. The van der Waals surface area contributed by atoms with E-state index in [-0.39, 0.29) is 5.91 Å². The predicted molar refractivity (Wildman–Crippen MR) is 55.9 cm³/mol. The molecule has 2 aliphatic rings. The number of carbonyl (C=O) groups excluding carboxylic acids is 1. The van der Waals surface area contributed by atoms with Crippen LogP contribution in [0.3, 0.4) is 0 Å². The van der Waals surface area contributed by atoms with Gasteiger partial charge in [-0.25, -0.2) is 0 Å². The molecule has 1 aliphatic carbocycles. The zero-order valence-electron chi connectivity index (χ0n) is 8.88. The Morgan fingerprint density at radius 3 is 2.86 bits per heavy atom. The van der Waals surface area contributed by atoms with Gasteiger partial charge in [-0.1, -0.05) is 6.92 Å². The quantitative estimate of drug-likeness (QED) is 0.704. The van der Waals surface area contributed by atoms with Crippen molar-refractivity contribution in [1.82, 2.24) is 10.6 Å². The lowest BCUT2D eigenvalue weighted by Gasteiger charge is -2.30. The molecule has 2 atom stereocenters. The second-order valence-electron chi connectivity index (χ2n) is 4.79. The van der Waals surface area contributed by atoms with E-state index in [0.717, 1.165) is 25.9 Å². The number of nitrogens with one attached hydrogen (secondary N) is 2. The summed E-state index contributed by atoms with van der Waals surface area (Å²) in [6, 6.07) is 0.405. The second-order valence-corrected chi connectivity index (χ2v) is 4.79. The van der Waals surface area contributed by atoms with Crippen LogP contribution in [0.15, 0.2) is 0 Å². The number of rotatable bonds is 3. The van der Waals surface area contributed by atoms with Crippen molar-refractivity contribution in [3.05, 3.63) is 0 Å². The van der Waals surface area contributed by atoms with Gasteiger partial charge < -0.3 is 10.6 Å². The highest BCUT2D eigenvalue weighted by molar-refractivity contribution is 5.76. The number of hydrogen-bond donors (Lipinski definition) is 2. The number of hydrogen-bond acceptors (Lipinski definition) is 2. The molecular weight excluding hydrogens is 176 g/mol. The van der Waals surface area contributed by atoms with Crippen LogP contribution < -0.4 is 10.6 Å². The van der Waals surface area contributed by atoms with Crippen LogP contribution >= 0.6 is 0 Å².